The van der Waals surface area contributed by atoms with Crippen LogP contribution in [0.1, 0.15) is 117 Å². The van der Waals surface area contributed by atoms with Gasteiger partial charge in [0.05, 0.1) is 13.2 Å². The first kappa shape index (κ1) is 36.5. The number of phosphoric acid groups is 1. The number of carbonyl (C=O) groups excluding carboxylic acids is 2. The number of carboxylic acids is 1. The molecule has 3 unspecified atom stereocenters. The summed E-state index contributed by atoms with van der Waals surface area (Å²) in [5.41, 5.74) is 0. The van der Waals surface area contributed by atoms with Crippen LogP contribution in [0.2, 0.25) is 0 Å². The summed E-state index contributed by atoms with van der Waals surface area (Å²) in [6.07, 6.45) is 13.7. The summed E-state index contributed by atoms with van der Waals surface area (Å²) in [6, 6.07) is -1.53. The van der Waals surface area contributed by atoms with E-state index >= 15 is 0 Å². The third-order valence-corrected chi connectivity index (χ3v) is 6.85. The van der Waals surface area contributed by atoms with Crippen LogP contribution in [-0.4, -0.2) is 64.9 Å². The molecular weight excluding hydrogens is 517 g/mol. The maximum atomic E-state index is 12.1. The molecule has 0 aromatic carbocycles. The van der Waals surface area contributed by atoms with Gasteiger partial charge in [-0.25, -0.2) is 9.36 Å². The second kappa shape index (κ2) is 23.4. The van der Waals surface area contributed by atoms with Crippen LogP contribution in [0, 0.1) is 0 Å². The zero-order valence-corrected chi connectivity index (χ0v) is 24.1. The lowest BCUT2D eigenvalue weighted by Crippen LogP contribution is -2.43. The lowest BCUT2D eigenvalue weighted by molar-refractivity contribution is -0.147. The molecule has 0 fully saturated rings. The standard InChI is InChI=1S/C26H50NO10P/c1-3-5-7-9-10-11-12-13-14-15-17-24(29)27-23(26(31)32)21-37-38(33,34)36-20-22(28)19-35-25(30)18-16-8-6-4-2/h22-23,28H,3-21H2,1-2H3,(H,27,29)(H,31,32)(H,33,34). The Hall–Kier alpha value is -1.52. The van der Waals surface area contributed by atoms with Crippen molar-refractivity contribution in [1.82, 2.24) is 5.32 Å². The Morgan fingerprint density at radius 2 is 1.21 bits per heavy atom. The molecular formula is C26H50NO10P. The quantitative estimate of drug-likeness (QED) is 0.0642. The predicted molar refractivity (Wildman–Crippen MR) is 143 cm³/mol. The summed E-state index contributed by atoms with van der Waals surface area (Å²) < 4.78 is 26.3. The fourth-order valence-electron chi connectivity index (χ4n) is 3.61. The molecule has 3 atom stereocenters. The number of phosphoric ester groups is 1. The van der Waals surface area contributed by atoms with E-state index in [-0.39, 0.29) is 12.8 Å². The van der Waals surface area contributed by atoms with Crippen LogP contribution < -0.4 is 5.32 Å². The fourth-order valence-corrected chi connectivity index (χ4v) is 4.38. The number of rotatable bonds is 26. The van der Waals surface area contributed by atoms with Crippen molar-refractivity contribution in [2.45, 2.75) is 129 Å². The molecule has 0 saturated heterocycles. The average molecular weight is 568 g/mol. The minimum absolute atomic E-state index is 0.150. The zero-order valence-electron chi connectivity index (χ0n) is 23.2. The van der Waals surface area contributed by atoms with Crippen LogP contribution >= 0.6 is 7.82 Å². The van der Waals surface area contributed by atoms with Gasteiger partial charge in [-0.05, 0) is 12.8 Å². The minimum Gasteiger partial charge on any atom is -0.480 e. The molecule has 0 aliphatic carbocycles. The number of amides is 1. The first-order valence-electron chi connectivity index (χ1n) is 14.1. The summed E-state index contributed by atoms with van der Waals surface area (Å²) in [7, 11) is -4.72. The lowest BCUT2D eigenvalue weighted by Gasteiger charge is -2.18. The Morgan fingerprint density at radius 1 is 0.737 bits per heavy atom. The molecule has 0 aromatic rings. The molecule has 0 aromatic heterocycles. The lowest BCUT2D eigenvalue weighted by atomic mass is 10.1. The number of ether oxygens (including phenoxy) is 1. The third-order valence-electron chi connectivity index (χ3n) is 5.90. The van der Waals surface area contributed by atoms with E-state index in [0.29, 0.717) is 12.8 Å². The average Bonchev–Trinajstić information content (AvgIpc) is 2.87. The van der Waals surface area contributed by atoms with Crippen LogP contribution in [0.5, 0.6) is 0 Å². The van der Waals surface area contributed by atoms with Crippen molar-refractivity contribution in [2.75, 3.05) is 19.8 Å². The second-order valence-electron chi connectivity index (χ2n) is 9.60. The number of unbranched alkanes of at least 4 members (excludes halogenated alkanes) is 12. The van der Waals surface area contributed by atoms with E-state index in [1.165, 1.54) is 38.5 Å². The summed E-state index contributed by atoms with van der Waals surface area (Å²) in [6.45, 7) is 2.36. The summed E-state index contributed by atoms with van der Waals surface area (Å²) in [5.74, 6) is -2.39. The molecule has 4 N–H and O–H groups in total. The Morgan fingerprint density at radius 3 is 1.76 bits per heavy atom. The number of aliphatic hydroxyl groups excluding tert-OH is 1. The third kappa shape index (κ3) is 22.5. The molecule has 0 bridgehead atoms. The minimum atomic E-state index is -4.72. The van der Waals surface area contributed by atoms with E-state index in [1.807, 2.05) is 0 Å². The van der Waals surface area contributed by atoms with Gasteiger partial charge in [0.25, 0.3) is 0 Å². The summed E-state index contributed by atoms with van der Waals surface area (Å²) in [5, 5.41) is 21.4. The number of hydrogen-bond acceptors (Lipinski definition) is 8. The van der Waals surface area contributed by atoms with Crippen molar-refractivity contribution in [3.05, 3.63) is 0 Å². The van der Waals surface area contributed by atoms with Gasteiger partial charge in [0.1, 0.15) is 12.7 Å². The number of carbonyl (C=O) groups is 3. The van der Waals surface area contributed by atoms with Crippen molar-refractivity contribution in [3.8, 4) is 0 Å². The van der Waals surface area contributed by atoms with Gasteiger partial charge in [-0.1, -0.05) is 90.9 Å². The second-order valence-corrected chi connectivity index (χ2v) is 11.1. The maximum Gasteiger partial charge on any atom is 0.472 e. The van der Waals surface area contributed by atoms with Crippen molar-refractivity contribution < 1.29 is 47.8 Å². The fraction of sp³-hybridized carbons (Fsp3) is 0.885. The number of nitrogens with one attached hydrogen (secondary N) is 1. The Balaban J connectivity index is 4.12. The molecule has 0 heterocycles. The maximum absolute atomic E-state index is 12.1. The van der Waals surface area contributed by atoms with Gasteiger partial charge in [0, 0.05) is 12.8 Å². The number of hydrogen-bond donors (Lipinski definition) is 4. The summed E-state index contributed by atoms with van der Waals surface area (Å²) in [4.78, 5) is 44.9. The highest BCUT2D eigenvalue weighted by molar-refractivity contribution is 7.47. The van der Waals surface area contributed by atoms with E-state index in [2.05, 4.69) is 28.2 Å². The number of aliphatic carboxylic acids is 1. The van der Waals surface area contributed by atoms with E-state index in [9.17, 15) is 34.1 Å². The Bertz CT molecular complexity index is 691. The van der Waals surface area contributed by atoms with Crippen LogP contribution in [0.4, 0.5) is 0 Å². The number of esters is 1. The summed E-state index contributed by atoms with van der Waals surface area (Å²) >= 11 is 0. The predicted octanol–water partition coefficient (Wildman–Crippen LogP) is 4.87. The molecule has 0 radical (unpaired) electrons. The van der Waals surface area contributed by atoms with Crippen LogP contribution in [0.3, 0.4) is 0 Å². The Labute approximate surface area is 227 Å². The molecule has 12 heteroatoms. The van der Waals surface area contributed by atoms with Gasteiger partial charge >= 0.3 is 19.8 Å². The van der Waals surface area contributed by atoms with Crippen LogP contribution in [0.15, 0.2) is 0 Å². The monoisotopic (exact) mass is 567 g/mol. The van der Waals surface area contributed by atoms with Gasteiger partial charge < -0.3 is 25.2 Å². The molecule has 1 amide bonds. The van der Waals surface area contributed by atoms with Crippen molar-refractivity contribution in [1.29, 1.82) is 0 Å². The van der Waals surface area contributed by atoms with Crippen LogP contribution in [-0.2, 0) is 32.7 Å². The highest BCUT2D eigenvalue weighted by Gasteiger charge is 2.28. The molecule has 0 aliphatic heterocycles. The van der Waals surface area contributed by atoms with E-state index in [0.717, 1.165) is 38.5 Å². The SMILES string of the molecule is CCCCCCCCCCCCC(=O)NC(COP(=O)(O)OCC(O)COC(=O)CCCCCC)C(=O)O. The van der Waals surface area contributed by atoms with Gasteiger partial charge in [-0.15, -0.1) is 0 Å². The van der Waals surface area contributed by atoms with Crippen molar-refractivity contribution in [2.24, 2.45) is 0 Å². The number of aliphatic hydroxyl groups is 1. The highest BCUT2D eigenvalue weighted by Crippen LogP contribution is 2.43. The van der Waals surface area contributed by atoms with Crippen LogP contribution in [0.25, 0.3) is 0 Å². The molecule has 0 rings (SSSR count). The normalized spacial score (nSPS) is 14.4. The molecule has 0 aliphatic rings. The zero-order chi connectivity index (χ0) is 28.7. The van der Waals surface area contributed by atoms with Gasteiger partial charge in [-0.2, -0.15) is 0 Å². The topological polar surface area (TPSA) is 169 Å². The smallest absolute Gasteiger partial charge is 0.472 e. The first-order valence-corrected chi connectivity index (χ1v) is 15.6. The van der Waals surface area contributed by atoms with Gasteiger partial charge in [0.15, 0.2) is 6.04 Å². The molecule has 11 nitrogen and oxygen atoms in total. The molecule has 38 heavy (non-hydrogen) atoms. The number of carboxylic acid groups (broad SMARTS) is 1. The molecule has 0 saturated carbocycles. The van der Waals surface area contributed by atoms with E-state index in [1.54, 1.807) is 0 Å². The van der Waals surface area contributed by atoms with Crippen molar-refractivity contribution in [3.63, 3.8) is 0 Å². The van der Waals surface area contributed by atoms with E-state index in [4.69, 9.17) is 4.74 Å². The van der Waals surface area contributed by atoms with Crippen molar-refractivity contribution >= 4 is 25.7 Å². The molecule has 224 valence electrons. The first-order chi connectivity index (χ1) is 18.1. The van der Waals surface area contributed by atoms with Gasteiger partial charge in [0.2, 0.25) is 5.91 Å². The molecule has 0 spiro atoms. The Kier molecular flexibility index (Phi) is 22.4. The van der Waals surface area contributed by atoms with E-state index < -0.39 is 57.6 Å². The van der Waals surface area contributed by atoms with Gasteiger partial charge in [-0.3, -0.25) is 18.6 Å². The highest BCUT2D eigenvalue weighted by atomic mass is 31.2. The largest absolute Gasteiger partial charge is 0.480 e.